The van der Waals surface area contributed by atoms with Crippen LogP contribution < -0.4 is 14.4 Å². The molecule has 3 aromatic rings. The van der Waals surface area contributed by atoms with Crippen molar-refractivity contribution in [1.29, 1.82) is 0 Å². The average Bonchev–Trinajstić information content (AvgIpc) is 3.21. The van der Waals surface area contributed by atoms with Crippen molar-refractivity contribution in [2.24, 2.45) is 0 Å². The minimum atomic E-state index is -0.488. The first-order chi connectivity index (χ1) is 19.3. The lowest BCUT2D eigenvalue weighted by molar-refractivity contribution is 0.0612. The van der Waals surface area contributed by atoms with Gasteiger partial charge in [0.2, 0.25) is 0 Å². The predicted octanol–water partition coefficient (Wildman–Crippen LogP) is 6.88. The van der Waals surface area contributed by atoms with E-state index in [1.165, 1.54) is 44.3 Å². The van der Waals surface area contributed by atoms with Gasteiger partial charge in [0.25, 0.3) is 0 Å². The molecule has 0 spiro atoms. The molecule has 1 unspecified atom stereocenters. The summed E-state index contributed by atoms with van der Waals surface area (Å²) in [5.41, 5.74) is 3.95. The van der Waals surface area contributed by atoms with Gasteiger partial charge in [-0.15, -0.1) is 0 Å². The molecule has 1 saturated heterocycles. The standard InChI is InChI=1S/C34H44N2O4/c1-4-36(24-25-9-14-29(15-10-25)39-20-19-35-17-7-5-6-8-18-35)32-22-27(37)13-16-30(32)31-21-26-11-12-28(38)23-33(26)40-34(31,2)3/h9-16,22-23,31,37-38H,4-8,17-21,24H2,1-3H3. The molecule has 0 amide bonds. The van der Waals surface area contributed by atoms with Gasteiger partial charge >= 0.3 is 0 Å². The molecule has 0 bridgehead atoms. The van der Waals surface area contributed by atoms with Gasteiger partial charge in [-0.05, 0) is 94.1 Å². The van der Waals surface area contributed by atoms with Crippen LogP contribution in [0, 0.1) is 0 Å². The predicted molar refractivity (Wildman–Crippen MR) is 161 cm³/mol. The number of anilines is 1. The zero-order valence-electron chi connectivity index (χ0n) is 24.2. The third-order valence-electron chi connectivity index (χ3n) is 8.47. The van der Waals surface area contributed by atoms with Gasteiger partial charge in [-0.25, -0.2) is 0 Å². The summed E-state index contributed by atoms with van der Waals surface area (Å²) in [6.45, 7) is 11.9. The first-order valence-electron chi connectivity index (χ1n) is 14.9. The molecule has 1 fully saturated rings. The molecule has 0 aliphatic carbocycles. The highest BCUT2D eigenvalue weighted by Crippen LogP contribution is 2.46. The highest BCUT2D eigenvalue weighted by Gasteiger charge is 2.39. The minimum absolute atomic E-state index is 0.0779. The lowest BCUT2D eigenvalue weighted by Crippen LogP contribution is -2.41. The van der Waals surface area contributed by atoms with E-state index in [2.05, 4.69) is 54.8 Å². The van der Waals surface area contributed by atoms with E-state index < -0.39 is 5.60 Å². The van der Waals surface area contributed by atoms with Gasteiger partial charge in [0.15, 0.2) is 0 Å². The number of nitrogens with zero attached hydrogens (tertiary/aromatic N) is 2. The lowest BCUT2D eigenvalue weighted by Gasteiger charge is -2.42. The molecule has 0 radical (unpaired) electrons. The molecule has 2 aliphatic heterocycles. The average molecular weight is 545 g/mol. The van der Waals surface area contributed by atoms with Crippen molar-refractivity contribution in [3.63, 3.8) is 0 Å². The fraction of sp³-hybridized carbons (Fsp3) is 0.471. The second kappa shape index (κ2) is 12.4. The molecule has 1 atom stereocenters. The number of aromatic hydroxyl groups is 2. The number of fused-ring (bicyclic) bond motifs is 1. The molecule has 0 aromatic heterocycles. The maximum absolute atomic E-state index is 10.5. The maximum atomic E-state index is 10.5. The molecule has 3 aromatic carbocycles. The summed E-state index contributed by atoms with van der Waals surface area (Å²) < 4.78 is 12.5. The van der Waals surface area contributed by atoms with Crippen LogP contribution in [-0.4, -0.2) is 53.5 Å². The van der Waals surface area contributed by atoms with Crippen LogP contribution in [0.3, 0.4) is 0 Å². The Morgan fingerprint density at radius 3 is 2.35 bits per heavy atom. The van der Waals surface area contributed by atoms with Crippen LogP contribution in [0.1, 0.15) is 69.1 Å². The Kier molecular flexibility index (Phi) is 8.75. The van der Waals surface area contributed by atoms with Crippen LogP contribution >= 0.6 is 0 Å². The van der Waals surface area contributed by atoms with Gasteiger partial charge in [-0.3, -0.25) is 4.90 Å². The second-order valence-corrected chi connectivity index (χ2v) is 11.8. The van der Waals surface area contributed by atoms with E-state index in [-0.39, 0.29) is 17.4 Å². The Balaban J connectivity index is 1.29. The molecule has 2 heterocycles. The van der Waals surface area contributed by atoms with Crippen molar-refractivity contribution in [3.05, 3.63) is 77.4 Å². The zero-order valence-corrected chi connectivity index (χ0v) is 24.2. The van der Waals surface area contributed by atoms with Crippen molar-refractivity contribution in [2.75, 3.05) is 37.7 Å². The van der Waals surface area contributed by atoms with Crippen molar-refractivity contribution < 1.29 is 19.7 Å². The Morgan fingerprint density at radius 1 is 0.925 bits per heavy atom. The maximum Gasteiger partial charge on any atom is 0.127 e. The normalized spacial score (nSPS) is 18.8. The summed E-state index contributed by atoms with van der Waals surface area (Å²) in [5.74, 6) is 2.19. The summed E-state index contributed by atoms with van der Waals surface area (Å²) in [4.78, 5) is 4.83. The van der Waals surface area contributed by atoms with E-state index in [0.717, 1.165) is 61.0 Å². The van der Waals surface area contributed by atoms with Crippen molar-refractivity contribution >= 4 is 5.69 Å². The van der Waals surface area contributed by atoms with E-state index in [1.54, 1.807) is 18.2 Å². The number of phenolic OH excluding ortho intramolecular Hbond substituents is 2. The molecule has 214 valence electrons. The molecule has 2 N–H and O–H groups in total. The van der Waals surface area contributed by atoms with Crippen LogP contribution in [0.4, 0.5) is 5.69 Å². The van der Waals surface area contributed by atoms with Crippen LogP contribution in [0.5, 0.6) is 23.0 Å². The number of hydrogen-bond donors (Lipinski definition) is 2. The summed E-state index contributed by atoms with van der Waals surface area (Å²) in [6, 6.07) is 19.5. The van der Waals surface area contributed by atoms with E-state index in [4.69, 9.17) is 9.47 Å². The molecule has 5 rings (SSSR count). The van der Waals surface area contributed by atoms with Gasteiger partial charge in [0.05, 0.1) is 0 Å². The number of rotatable bonds is 9. The van der Waals surface area contributed by atoms with Crippen LogP contribution in [0.15, 0.2) is 60.7 Å². The third kappa shape index (κ3) is 6.67. The van der Waals surface area contributed by atoms with Crippen molar-refractivity contribution in [1.82, 2.24) is 4.90 Å². The van der Waals surface area contributed by atoms with Gasteiger partial charge in [-0.2, -0.15) is 0 Å². The smallest absolute Gasteiger partial charge is 0.127 e. The van der Waals surface area contributed by atoms with Gasteiger partial charge in [-0.1, -0.05) is 37.1 Å². The van der Waals surface area contributed by atoms with Crippen molar-refractivity contribution in [2.45, 2.75) is 70.9 Å². The fourth-order valence-corrected chi connectivity index (χ4v) is 6.14. The van der Waals surface area contributed by atoms with Crippen LogP contribution in [0.2, 0.25) is 0 Å². The summed E-state index contributed by atoms with van der Waals surface area (Å²) >= 11 is 0. The van der Waals surface area contributed by atoms with E-state index in [1.807, 2.05) is 18.2 Å². The first-order valence-corrected chi connectivity index (χ1v) is 14.9. The molecule has 40 heavy (non-hydrogen) atoms. The van der Waals surface area contributed by atoms with E-state index in [9.17, 15) is 10.2 Å². The highest BCUT2D eigenvalue weighted by molar-refractivity contribution is 5.60. The summed E-state index contributed by atoms with van der Waals surface area (Å²) in [7, 11) is 0. The molecular formula is C34H44N2O4. The lowest BCUT2D eigenvalue weighted by atomic mass is 9.77. The molecule has 6 nitrogen and oxygen atoms in total. The van der Waals surface area contributed by atoms with Gasteiger partial charge in [0, 0.05) is 43.4 Å². The number of hydrogen-bond acceptors (Lipinski definition) is 6. The Hall–Kier alpha value is -3.38. The van der Waals surface area contributed by atoms with Crippen LogP contribution in [-0.2, 0) is 13.0 Å². The summed E-state index contributed by atoms with van der Waals surface area (Å²) in [5, 5.41) is 20.4. The number of phenols is 2. The summed E-state index contributed by atoms with van der Waals surface area (Å²) in [6.07, 6.45) is 6.09. The Labute approximate surface area is 239 Å². The van der Waals surface area contributed by atoms with Gasteiger partial charge < -0.3 is 24.6 Å². The number of benzene rings is 3. The van der Waals surface area contributed by atoms with E-state index in [0.29, 0.717) is 0 Å². The minimum Gasteiger partial charge on any atom is -0.508 e. The monoisotopic (exact) mass is 544 g/mol. The quantitative estimate of drug-likeness (QED) is 0.306. The SMILES string of the molecule is CCN(Cc1ccc(OCCN2CCCCCC2)cc1)c1cc(O)ccc1C1Cc2ccc(O)cc2OC1(C)C. The Bertz CT molecular complexity index is 1270. The zero-order chi connectivity index (χ0) is 28.1. The first kappa shape index (κ1) is 28.2. The molecular weight excluding hydrogens is 500 g/mol. The molecule has 2 aliphatic rings. The van der Waals surface area contributed by atoms with Crippen LogP contribution in [0.25, 0.3) is 0 Å². The third-order valence-corrected chi connectivity index (χ3v) is 8.47. The number of ether oxygens (including phenoxy) is 2. The molecule has 0 saturated carbocycles. The van der Waals surface area contributed by atoms with E-state index >= 15 is 0 Å². The number of likely N-dealkylation sites (tertiary alicyclic amines) is 1. The van der Waals surface area contributed by atoms with Crippen molar-refractivity contribution in [3.8, 4) is 23.0 Å². The Morgan fingerprint density at radius 2 is 1.62 bits per heavy atom. The highest BCUT2D eigenvalue weighted by atomic mass is 16.5. The fourth-order valence-electron chi connectivity index (χ4n) is 6.14. The second-order valence-electron chi connectivity index (χ2n) is 11.8. The van der Waals surface area contributed by atoms with Gasteiger partial charge in [0.1, 0.15) is 35.2 Å². The largest absolute Gasteiger partial charge is 0.508 e. The topological polar surface area (TPSA) is 65.4 Å². The molecule has 6 heteroatoms.